The normalized spacial score (nSPS) is 20.1. The van der Waals surface area contributed by atoms with Gasteiger partial charge in [0.1, 0.15) is 6.61 Å². The molecule has 0 saturated carbocycles. The largest absolute Gasteiger partial charge is 0.461 e. The molecule has 0 amide bonds. The van der Waals surface area contributed by atoms with Crippen molar-refractivity contribution in [3.05, 3.63) is 97.7 Å². The average molecular weight is 576 g/mol. The van der Waals surface area contributed by atoms with E-state index in [4.69, 9.17) is 4.74 Å². The number of benzene rings is 2. The zero-order chi connectivity index (χ0) is 28.4. The molecule has 208 valence electrons. The Bertz CT molecular complexity index is 1570. The molecule has 0 fully saturated rings. The van der Waals surface area contributed by atoms with Gasteiger partial charge in [-0.2, -0.15) is 0 Å². The molecule has 0 aliphatic carbocycles. The van der Waals surface area contributed by atoms with Gasteiger partial charge >= 0.3 is 5.97 Å². The Morgan fingerprint density at radius 2 is 1.82 bits per heavy atom. The number of non-ortho nitro benzene ring substituents is 1. The molecular weight excluding hydrogens is 546 g/mol. The van der Waals surface area contributed by atoms with E-state index in [0.717, 1.165) is 5.56 Å². The fourth-order valence-corrected chi connectivity index (χ4v) is 8.87. The van der Waals surface area contributed by atoms with Crippen molar-refractivity contribution in [1.82, 2.24) is 10.2 Å². The first-order chi connectivity index (χ1) is 18.4. The second kappa shape index (κ2) is 11.3. The fourth-order valence-electron chi connectivity index (χ4n) is 4.74. The number of hydrogen-bond acceptors (Lipinski definition) is 10. The van der Waals surface area contributed by atoms with E-state index in [1.54, 1.807) is 0 Å². The van der Waals surface area contributed by atoms with Crippen LogP contribution in [0.1, 0.15) is 24.0 Å². The highest BCUT2D eigenvalue weighted by Crippen LogP contribution is 2.43. The summed E-state index contributed by atoms with van der Waals surface area (Å²) in [4.78, 5) is 26.0. The van der Waals surface area contributed by atoms with Crippen LogP contribution in [0.4, 0.5) is 5.69 Å². The molecule has 11 nitrogen and oxygen atoms in total. The Labute approximate surface area is 227 Å². The highest BCUT2D eigenvalue weighted by Gasteiger charge is 2.44. The molecule has 2 aliphatic rings. The molecule has 0 radical (unpaired) electrons. The number of nitro benzene ring substituents is 1. The lowest BCUT2D eigenvalue weighted by Gasteiger charge is -2.31. The van der Waals surface area contributed by atoms with Crippen molar-refractivity contribution in [3.8, 4) is 0 Å². The lowest BCUT2D eigenvalue weighted by atomic mass is 9.86. The quantitative estimate of drug-likeness (QED) is 0.282. The number of sulfone groups is 2. The van der Waals surface area contributed by atoms with Crippen LogP contribution in [-0.4, -0.2) is 70.1 Å². The van der Waals surface area contributed by atoms with E-state index >= 15 is 0 Å². The van der Waals surface area contributed by atoms with E-state index < -0.39 is 53.7 Å². The number of likely N-dealkylation sites (N-methyl/N-ethyl adjacent to an activating group) is 1. The summed E-state index contributed by atoms with van der Waals surface area (Å²) in [7, 11) is -6.04. The predicted octanol–water partition coefficient (Wildman–Crippen LogP) is 2.29. The summed E-state index contributed by atoms with van der Waals surface area (Å²) in [5.41, 5.74) is 1.09. The van der Waals surface area contributed by atoms with Crippen LogP contribution in [0.3, 0.4) is 0 Å². The van der Waals surface area contributed by atoms with Gasteiger partial charge in [0.15, 0.2) is 19.7 Å². The Morgan fingerprint density at radius 1 is 1.10 bits per heavy atom. The van der Waals surface area contributed by atoms with Gasteiger partial charge in [-0.25, -0.2) is 21.6 Å². The van der Waals surface area contributed by atoms with E-state index in [2.05, 4.69) is 5.32 Å². The summed E-state index contributed by atoms with van der Waals surface area (Å²) in [6.45, 7) is 2.55. The molecule has 2 heterocycles. The minimum absolute atomic E-state index is 0.00758. The molecule has 4 rings (SSSR count). The molecule has 0 saturated heterocycles. The van der Waals surface area contributed by atoms with Crippen LogP contribution < -0.4 is 5.32 Å². The summed E-state index contributed by atoms with van der Waals surface area (Å²) >= 11 is 0. The Morgan fingerprint density at radius 3 is 2.51 bits per heavy atom. The van der Waals surface area contributed by atoms with Gasteiger partial charge in [-0.3, -0.25) is 15.0 Å². The average Bonchev–Trinajstić information content (AvgIpc) is 2.96. The first kappa shape index (κ1) is 28.5. The predicted molar refractivity (Wildman–Crippen MR) is 145 cm³/mol. The zero-order valence-electron chi connectivity index (χ0n) is 21.5. The fraction of sp³-hybridized carbons (Fsp3) is 0.346. The SMILES string of the molecule is CC1=C(C(=O)OCCN(C)Cc2ccccc2)C(c2cccc([N+](=O)[O-])c2)C2=C(CS(=O)(=O)CCS2(=O)=O)N1. The summed E-state index contributed by atoms with van der Waals surface area (Å²) in [6, 6.07) is 15.1. The van der Waals surface area contributed by atoms with Gasteiger partial charge in [0.25, 0.3) is 5.69 Å². The summed E-state index contributed by atoms with van der Waals surface area (Å²) in [6.07, 6.45) is 0. The Kier molecular flexibility index (Phi) is 8.23. The maximum Gasteiger partial charge on any atom is 0.336 e. The number of hydrogen-bond donors (Lipinski definition) is 1. The Hall–Kier alpha value is -3.55. The number of esters is 1. The van der Waals surface area contributed by atoms with Crippen molar-refractivity contribution in [3.63, 3.8) is 0 Å². The van der Waals surface area contributed by atoms with Gasteiger partial charge < -0.3 is 10.1 Å². The van der Waals surface area contributed by atoms with Crippen LogP contribution in [0.5, 0.6) is 0 Å². The first-order valence-electron chi connectivity index (χ1n) is 12.2. The van der Waals surface area contributed by atoms with Crippen molar-refractivity contribution in [1.29, 1.82) is 0 Å². The highest BCUT2D eigenvalue weighted by molar-refractivity contribution is 7.98. The number of nitrogens with one attached hydrogen (secondary N) is 1. The lowest BCUT2D eigenvalue weighted by Crippen LogP contribution is -2.34. The van der Waals surface area contributed by atoms with Crippen LogP contribution >= 0.6 is 0 Å². The number of carbonyl (C=O) groups excluding carboxylic acids is 1. The van der Waals surface area contributed by atoms with Gasteiger partial charge in [-0.15, -0.1) is 0 Å². The maximum atomic E-state index is 13.4. The van der Waals surface area contributed by atoms with Crippen molar-refractivity contribution in [2.24, 2.45) is 0 Å². The van der Waals surface area contributed by atoms with E-state index in [0.29, 0.717) is 13.1 Å². The monoisotopic (exact) mass is 575 g/mol. The molecule has 2 aromatic carbocycles. The minimum Gasteiger partial charge on any atom is -0.461 e. The van der Waals surface area contributed by atoms with Crippen molar-refractivity contribution in [2.75, 3.05) is 37.5 Å². The maximum absolute atomic E-state index is 13.4. The van der Waals surface area contributed by atoms with Gasteiger partial charge in [0.2, 0.25) is 0 Å². The molecule has 1 N–H and O–H groups in total. The van der Waals surface area contributed by atoms with Gasteiger partial charge in [0, 0.05) is 36.6 Å². The van der Waals surface area contributed by atoms with Gasteiger partial charge in [-0.05, 0) is 25.1 Å². The number of carbonyl (C=O) groups is 1. The van der Waals surface area contributed by atoms with Crippen molar-refractivity contribution >= 4 is 31.3 Å². The van der Waals surface area contributed by atoms with Crippen molar-refractivity contribution in [2.45, 2.75) is 19.4 Å². The van der Waals surface area contributed by atoms with Gasteiger partial charge in [0.05, 0.1) is 38.6 Å². The third-order valence-electron chi connectivity index (χ3n) is 6.59. The second-order valence-corrected chi connectivity index (χ2v) is 13.8. The molecule has 1 atom stereocenters. The molecule has 0 spiro atoms. The summed E-state index contributed by atoms with van der Waals surface area (Å²) in [5.74, 6) is -3.85. The zero-order valence-corrected chi connectivity index (χ0v) is 23.1. The number of dihydropyridines is 1. The molecule has 2 aromatic rings. The lowest BCUT2D eigenvalue weighted by molar-refractivity contribution is -0.384. The smallest absolute Gasteiger partial charge is 0.336 e. The number of ether oxygens (including phenoxy) is 1. The molecular formula is C26H29N3O8S2. The number of nitrogens with zero attached hydrogens (tertiary/aromatic N) is 2. The van der Waals surface area contributed by atoms with Crippen LogP contribution in [0.2, 0.25) is 0 Å². The molecule has 13 heteroatoms. The highest BCUT2D eigenvalue weighted by atomic mass is 32.2. The van der Waals surface area contributed by atoms with E-state index in [-0.39, 0.29) is 39.7 Å². The summed E-state index contributed by atoms with van der Waals surface area (Å²) in [5, 5.41) is 14.3. The number of nitro groups is 1. The number of allylic oxidation sites excluding steroid dienone is 2. The minimum atomic E-state index is -4.16. The van der Waals surface area contributed by atoms with Gasteiger partial charge in [-0.1, -0.05) is 42.5 Å². The third kappa shape index (κ3) is 6.54. The first-order valence-corrected chi connectivity index (χ1v) is 15.6. The van der Waals surface area contributed by atoms with Crippen LogP contribution in [-0.2, 0) is 35.8 Å². The topological polar surface area (TPSA) is 153 Å². The standard InChI is InChI=1S/C26H29N3O8S2/c1-18-23(26(30)37-12-11-28(2)16-19-7-4-3-5-8-19)24(20-9-6-10-21(15-20)29(31)32)25-22(27-18)17-38(33,34)13-14-39(25,35)36/h3-10,15,24,27H,11-14,16-17H2,1-2H3. The molecule has 1 unspecified atom stereocenters. The Balaban J connectivity index is 1.67. The van der Waals surface area contributed by atoms with Crippen LogP contribution in [0, 0.1) is 10.1 Å². The molecule has 0 bridgehead atoms. The van der Waals surface area contributed by atoms with Crippen LogP contribution in [0.25, 0.3) is 0 Å². The third-order valence-corrected chi connectivity index (χ3v) is 10.3. The molecule has 2 aliphatic heterocycles. The number of rotatable bonds is 8. The van der Waals surface area contributed by atoms with E-state index in [9.17, 15) is 31.7 Å². The molecule has 0 aromatic heterocycles. The van der Waals surface area contributed by atoms with Crippen molar-refractivity contribution < 1.29 is 31.3 Å². The van der Waals surface area contributed by atoms with E-state index in [1.807, 2.05) is 42.3 Å². The van der Waals surface area contributed by atoms with Crippen LogP contribution in [0.15, 0.2) is 76.5 Å². The summed E-state index contributed by atoms with van der Waals surface area (Å²) < 4.78 is 57.4. The second-order valence-electron chi connectivity index (χ2n) is 9.56. The van der Waals surface area contributed by atoms with E-state index in [1.165, 1.54) is 31.2 Å². The molecule has 39 heavy (non-hydrogen) atoms.